The van der Waals surface area contributed by atoms with Crippen molar-refractivity contribution in [2.24, 2.45) is 23.7 Å². The zero-order valence-electron chi connectivity index (χ0n) is 28.4. The fraction of sp³-hybridized carbons (Fsp3) is 0.488. The molecule has 1 aliphatic heterocycles. The SMILES string of the molecule is C=CCN(C)C[C@H]1O[C@@H](c2ccc(-c3ccccc3CNC(=O)NC34CC5CC(CC(C5)C3)C4)cc2)O[C@@H](c2ccc(CO)cc2)[C@H]1C. The van der Waals surface area contributed by atoms with Crippen LogP contribution in [-0.2, 0) is 22.6 Å². The van der Waals surface area contributed by atoms with Crippen LogP contribution >= 0.6 is 0 Å². The maximum atomic E-state index is 13.2. The molecule has 5 fully saturated rings. The zero-order valence-corrected chi connectivity index (χ0v) is 28.4. The standard InChI is InChI=1S/C41H51N3O4/c1-4-17-44(3)25-37-27(2)38(33-11-9-28(26-45)10-12-33)48-39(47-37)34-15-13-32(14-16-34)36-8-6-5-7-35(36)24-42-40(46)43-41-21-29-18-30(22-41)20-31(19-29)23-41/h4-16,27,29-31,37-39,45H,1,17-26H2,2-3H3,(H2,42,43,46)/t27-,29?,30?,31?,37+,38+,39+,41?/m0/s1. The molecule has 4 aliphatic carbocycles. The Hall–Kier alpha value is -3.49. The lowest BCUT2D eigenvalue weighted by atomic mass is 9.53. The van der Waals surface area contributed by atoms with Crippen LogP contribution in [0.4, 0.5) is 4.79 Å². The third-order valence-corrected chi connectivity index (χ3v) is 11.4. The lowest BCUT2D eigenvalue weighted by molar-refractivity contribution is -0.275. The average Bonchev–Trinajstić information content (AvgIpc) is 3.08. The maximum Gasteiger partial charge on any atom is 0.315 e. The molecule has 1 heterocycles. The molecular formula is C41H51N3O4. The van der Waals surface area contributed by atoms with E-state index in [1.807, 2.05) is 30.3 Å². The number of nitrogens with one attached hydrogen (secondary N) is 2. The predicted octanol–water partition coefficient (Wildman–Crippen LogP) is 7.52. The van der Waals surface area contributed by atoms with Crippen LogP contribution in [0, 0.1) is 23.7 Å². The third-order valence-electron chi connectivity index (χ3n) is 11.4. The second-order valence-corrected chi connectivity index (χ2v) is 15.1. The first-order valence-corrected chi connectivity index (χ1v) is 17.9. The van der Waals surface area contributed by atoms with Gasteiger partial charge in [0, 0.05) is 36.7 Å². The molecule has 0 unspecified atom stereocenters. The summed E-state index contributed by atoms with van der Waals surface area (Å²) in [6, 6.07) is 24.7. The summed E-state index contributed by atoms with van der Waals surface area (Å²) in [7, 11) is 2.08. The second-order valence-electron chi connectivity index (χ2n) is 15.1. The van der Waals surface area contributed by atoms with Crippen molar-refractivity contribution in [3.05, 3.63) is 108 Å². The number of carbonyl (C=O) groups is 1. The van der Waals surface area contributed by atoms with Gasteiger partial charge in [-0.05, 0) is 91.1 Å². The van der Waals surface area contributed by atoms with Crippen LogP contribution < -0.4 is 10.6 Å². The van der Waals surface area contributed by atoms with Gasteiger partial charge in [-0.2, -0.15) is 0 Å². The predicted molar refractivity (Wildman–Crippen MR) is 189 cm³/mol. The summed E-state index contributed by atoms with van der Waals surface area (Å²) in [5, 5.41) is 16.2. The van der Waals surface area contributed by atoms with Gasteiger partial charge in [-0.1, -0.05) is 85.8 Å². The van der Waals surface area contributed by atoms with E-state index in [1.54, 1.807) is 0 Å². The average molecular weight is 650 g/mol. The molecule has 4 atom stereocenters. The minimum Gasteiger partial charge on any atom is -0.392 e. The number of hydrogen-bond acceptors (Lipinski definition) is 5. The van der Waals surface area contributed by atoms with Crippen molar-refractivity contribution in [1.29, 1.82) is 0 Å². The van der Waals surface area contributed by atoms with Gasteiger partial charge < -0.3 is 30.1 Å². The molecular weight excluding hydrogens is 598 g/mol. The molecule has 0 radical (unpaired) electrons. The Morgan fingerprint density at radius 1 is 0.938 bits per heavy atom. The van der Waals surface area contributed by atoms with Crippen molar-refractivity contribution in [1.82, 2.24) is 15.5 Å². The van der Waals surface area contributed by atoms with E-state index in [2.05, 4.69) is 84.6 Å². The number of benzene rings is 3. The molecule has 254 valence electrons. The van der Waals surface area contributed by atoms with E-state index in [4.69, 9.17) is 9.47 Å². The Bertz CT molecular complexity index is 1540. The molecule has 3 aromatic carbocycles. The highest BCUT2D eigenvalue weighted by Gasteiger charge is 2.51. The molecule has 7 heteroatoms. The van der Waals surface area contributed by atoms with Gasteiger partial charge in [-0.15, -0.1) is 6.58 Å². The lowest BCUT2D eigenvalue weighted by Gasteiger charge is -2.56. The van der Waals surface area contributed by atoms with Crippen LogP contribution in [0.3, 0.4) is 0 Å². The monoisotopic (exact) mass is 649 g/mol. The molecule has 4 saturated carbocycles. The van der Waals surface area contributed by atoms with Gasteiger partial charge in [0.2, 0.25) is 0 Å². The van der Waals surface area contributed by atoms with Crippen LogP contribution in [0.5, 0.6) is 0 Å². The summed E-state index contributed by atoms with van der Waals surface area (Å²) in [6.07, 6.45) is 8.70. The van der Waals surface area contributed by atoms with E-state index < -0.39 is 6.29 Å². The Labute approximate surface area is 285 Å². The fourth-order valence-corrected chi connectivity index (χ4v) is 9.43. The Morgan fingerprint density at radius 3 is 2.23 bits per heavy atom. The first-order chi connectivity index (χ1) is 23.3. The number of amides is 2. The van der Waals surface area contributed by atoms with Crippen molar-refractivity contribution in [2.45, 2.75) is 82.6 Å². The van der Waals surface area contributed by atoms with Gasteiger partial charge in [0.1, 0.15) is 0 Å². The van der Waals surface area contributed by atoms with Crippen molar-refractivity contribution >= 4 is 6.03 Å². The summed E-state index contributed by atoms with van der Waals surface area (Å²) >= 11 is 0. The topological polar surface area (TPSA) is 83.1 Å². The molecule has 2 amide bonds. The van der Waals surface area contributed by atoms with E-state index in [0.29, 0.717) is 6.54 Å². The number of nitrogens with zero attached hydrogens (tertiary/aromatic N) is 1. The molecule has 0 spiro atoms. The summed E-state index contributed by atoms with van der Waals surface area (Å²) in [6.45, 7) is 8.11. The molecule has 48 heavy (non-hydrogen) atoms. The highest BCUT2D eigenvalue weighted by Crippen LogP contribution is 2.55. The first-order valence-electron chi connectivity index (χ1n) is 17.9. The van der Waals surface area contributed by atoms with Crippen LogP contribution in [0.2, 0.25) is 0 Å². The number of carbonyl (C=O) groups excluding carboxylic acids is 1. The van der Waals surface area contributed by atoms with E-state index in [0.717, 1.165) is 83.5 Å². The van der Waals surface area contributed by atoms with Crippen LogP contribution in [-0.4, -0.2) is 47.8 Å². The molecule has 8 rings (SSSR count). The van der Waals surface area contributed by atoms with Crippen LogP contribution in [0.1, 0.15) is 80.1 Å². The largest absolute Gasteiger partial charge is 0.392 e. The van der Waals surface area contributed by atoms with E-state index in [1.165, 1.54) is 19.3 Å². The highest BCUT2D eigenvalue weighted by atomic mass is 16.7. The van der Waals surface area contributed by atoms with Crippen molar-refractivity contribution in [3.63, 3.8) is 0 Å². The molecule has 4 bridgehead atoms. The van der Waals surface area contributed by atoms with Gasteiger partial charge in [-0.3, -0.25) is 0 Å². The Morgan fingerprint density at radius 2 is 1.58 bits per heavy atom. The smallest absolute Gasteiger partial charge is 0.315 e. The molecule has 1 saturated heterocycles. The van der Waals surface area contributed by atoms with Gasteiger partial charge in [-0.25, -0.2) is 4.79 Å². The summed E-state index contributed by atoms with van der Waals surface area (Å²) in [4.78, 5) is 15.4. The number of hydrogen-bond donors (Lipinski definition) is 3. The number of aliphatic hydroxyl groups excluding tert-OH is 1. The van der Waals surface area contributed by atoms with E-state index in [9.17, 15) is 9.90 Å². The normalized spacial score (nSPS) is 30.7. The van der Waals surface area contributed by atoms with E-state index >= 15 is 0 Å². The Balaban J connectivity index is 1.04. The lowest BCUT2D eigenvalue weighted by Crippen LogP contribution is -2.61. The van der Waals surface area contributed by atoms with Crippen LogP contribution in [0.15, 0.2) is 85.5 Å². The number of rotatable bonds is 11. The number of aliphatic hydroxyl groups is 1. The molecule has 7 nitrogen and oxygen atoms in total. The zero-order chi connectivity index (χ0) is 33.3. The summed E-state index contributed by atoms with van der Waals surface area (Å²) in [5.74, 6) is 2.50. The van der Waals surface area contributed by atoms with Gasteiger partial charge in [0.25, 0.3) is 0 Å². The minimum atomic E-state index is -0.523. The molecule has 3 aromatic rings. The van der Waals surface area contributed by atoms with E-state index in [-0.39, 0.29) is 36.3 Å². The summed E-state index contributed by atoms with van der Waals surface area (Å²) < 4.78 is 13.3. The van der Waals surface area contributed by atoms with Crippen molar-refractivity contribution < 1.29 is 19.4 Å². The number of urea groups is 1. The van der Waals surface area contributed by atoms with Gasteiger partial charge in [0.15, 0.2) is 6.29 Å². The van der Waals surface area contributed by atoms with Crippen LogP contribution in [0.25, 0.3) is 11.1 Å². The first kappa shape index (κ1) is 33.0. The van der Waals surface area contributed by atoms with Gasteiger partial charge in [0.05, 0.1) is 18.8 Å². The molecule has 5 aliphatic rings. The van der Waals surface area contributed by atoms with Gasteiger partial charge >= 0.3 is 6.03 Å². The fourth-order valence-electron chi connectivity index (χ4n) is 9.43. The molecule has 3 N–H and O–H groups in total. The van der Waals surface area contributed by atoms with Crippen molar-refractivity contribution in [3.8, 4) is 11.1 Å². The minimum absolute atomic E-state index is 0.00278. The summed E-state index contributed by atoms with van der Waals surface area (Å²) in [5.41, 5.74) is 6.19. The Kier molecular flexibility index (Phi) is 9.75. The third kappa shape index (κ3) is 7.11. The molecule has 0 aromatic heterocycles. The quantitative estimate of drug-likeness (QED) is 0.187. The second kappa shape index (κ2) is 14.2. The maximum absolute atomic E-state index is 13.2. The number of likely N-dealkylation sites (N-methyl/N-ethyl adjacent to an activating group) is 1. The number of ether oxygens (including phenoxy) is 2. The van der Waals surface area contributed by atoms with Crippen molar-refractivity contribution in [2.75, 3.05) is 20.1 Å². The highest BCUT2D eigenvalue weighted by molar-refractivity contribution is 5.76.